The van der Waals surface area contributed by atoms with Crippen molar-refractivity contribution in [1.82, 2.24) is 0 Å². The normalized spacial score (nSPS) is 17.4. The van der Waals surface area contributed by atoms with Gasteiger partial charge in [-0.3, -0.25) is 0 Å². The van der Waals surface area contributed by atoms with E-state index < -0.39 is 5.97 Å². The van der Waals surface area contributed by atoms with Crippen LogP contribution in [0.4, 0.5) is 0 Å². The molecular weight excluding hydrogens is 247 g/mol. The second kappa shape index (κ2) is 13.2. The Morgan fingerprint density at radius 3 is 2.11 bits per heavy atom. The van der Waals surface area contributed by atoms with Gasteiger partial charge in [0.05, 0.1) is 0 Å². The summed E-state index contributed by atoms with van der Waals surface area (Å²) in [6.45, 7) is 0. The molecule has 0 aromatic rings. The third kappa shape index (κ3) is 11.7. The number of carboxylic acids is 1. The van der Waals surface area contributed by atoms with Crippen LogP contribution >= 0.6 is 0 Å². The molecule has 19 heavy (non-hydrogen) atoms. The smallest absolute Gasteiger partial charge is 0.550 e. The second-order valence-electron chi connectivity index (χ2n) is 5.50. The van der Waals surface area contributed by atoms with Crippen molar-refractivity contribution in [2.45, 2.75) is 77.0 Å². The monoisotopic (exact) mass is 274 g/mol. The second-order valence-corrected chi connectivity index (χ2v) is 5.50. The molecule has 0 aromatic heterocycles. The van der Waals surface area contributed by atoms with Gasteiger partial charge in [-0.15, -0.1) is 0 Å². The van der Waals surface area contributed by atoms with Crippen molar-refractivity contribution in [3.63, 3.8) is 0 Å². The topological polar surface area (TPSA) is 40.1 Å². The number of aliphatic carboxylic acids is 1. The Kier molecular flexibility index (Phi) is 13.4. The number of rotatable bonds is 11. The van der Waals surface area contributed by atoms with Crippen LogP contribution < -0.4 is 34.7 Å². The molecule has 1 aliphatic carbocycles. The third-order valence-corrected chi connectivity index (χ3v) is 3.82. The fourth-order valence-electron chi connectivity index (χ4n) is 2.67. The number of hydrogen-bond acceptors (Lipinski definition) is 2. The molecule has 104 valence electrons. The van der Waals surface area contributed by atoms with Gasteiger partial charge >= 0.3 is 29.6 Å². The predicted octanol–water partition coefficient (Wildman–Crippen LogP) is 0.608. The first-order valence-electron chi connectivity index (χ1n) is 7.65. The maximum Gasteiger partial charge on any atom is 1.00 e. The van der Waals surface area contributed by atoms with Crippen LogP contribution in [0.15, 0.2) is 12.2 Å². The summed E-state index contributed by atoms with van der Waals surface area (Å²) in [7, 11) is 0. The van der Waals surface area contributed by atoms with Crippen molar-refractivity contribution in [2.75, 3.05) is 0 Å². The van der Waals surface area contributed by atoms with E-state index in [-0.39, 0.29) is 36.0 Å². The number of allylic oxidation sites excluding steroid dienone is 2. The fraction of sp³-hybridized carbons (Fsp3) is 0.812. The zero-order chi connectivity index (χ0) is 13.1. The van der Waals surface area contributed by atoms with Crippen LogP contribution in [-0.2, 0) is 4.79 Å². The van der Waals surface area contributed by atoms with E-state index in [9.17, 15) is 9.90 Å². The molecule has 0 aliphatic heterocycles. The molecule has 0 unspecified atom stereocenters. The third-order valence-electron chi connectivity index (χ3n) is 3.82. The number of carbonyl (C=O) groups is 1. The molecule has 0 N–H and O–H groups in total. The fourth-order valence-corrected chi connectivity index (χ4v) is 2.67. The van der Waals surface area contributed by atoms with E-state index in [1.54, 1.807) is 0 Å². The zero-order valence-corrected chi connectivity index (χ0v) is 14.5. The van der Waals surface area contributed by atoms with Crippen molar-refractivity contribution in [3.05, 3.63) is 12.2 Å². The van der Waals surface area contributed by atoms with Gasteiger partial charge in [0.25, 0.3) is 0 Å². The summed E-state index contributed by atoms with van der Waals surface area (Å²) in [5.74, 6) is -0.0365. The number of unbranched alkanes of at least 4 members (excludes halogenated alkanes) is 7. The van der Waals surface area contributed by atoms with Gasteiger partial charge in [-0.2, -0.15) is 0 Å². The first kappa shape index (κ1) is 19.2. The standard InChI is InChI=1S/C16H28O2.Na/c17-16(18)14-8-6-4-2-1-3-5-7-11-15-12-9-10-13-15;/h9,12,15H,1-8,10-11,13-14H2,(H,17,18);/q;+1/p-1/t15-;/m0./s1. The van der Waals surface area contributed by atoms with Crippen LogP contribution in [0.25, 0.3) is 0 Å². The van der Waals surface area contributed by atoms with E-state index in [4.69, 9.17) is 0 Å². The average molecular weight is 274 g/mol. The summed E-state index contributed by atoms with van der Waals surface area (Å²) in [5.41, 5.74) is 0. The van der Waals surface area contributed by atoms with E-state index >= 15 is 0 Å². The van der Waals surface area contributed by atoms with Gasteiger partial charge in [-0.25, -0.2) is 0 Å². The molecule has 1 atom stereocenters. The Labute approximate surface area is 140 Å². The van der Waals surface area contributed by atoms with Gasteiger partial charge in [0.15, 0.2) is 0 Å². The molecule has 0 radical (unpaired) electrons. The molecule has 2 nitrogen and oxygen atoms in total. The van der Waals surface area contributed by atoms with Crippen LogP contribution in [0.2, 0.25) is 0 Å². The molecule has 0 aromatic carbocycles. The van der Waals surface area contributed by atoms with Crippen molar-refractivity contribution in [3.8, 4) is 0 Å². The summed E-state index contributed by atoms with van der Waals surface area (Å²) in [5, 5.41) is 10.2. The van der Waals surface area contributed by atoms with Crippen LogP contribution in [0, 0.1) is 5.92 Å². The van der Waals surface area contributed by atoms with Gasteiger partial charge < -0.3 is 9.90 Å². The molecule has 0 spiro atoms. The van der Waals surface area contributed by atoms with Crippen molar-refractivity contribution in [1.29, 1.82) is 0 Å². The van der Waals surface area contributed by atoms with Crippen molar-refractivity contribution < 1.29 is 39.5 Å². The average Bonchev–Trinajstić information content (AvgIpc) is 2.84. The van der Waals surface area contributed by atoms with E-state index in [0.29, 0.717) is 0 Å². The largest absolute Gasteiger partial charge is 1.00 e. The quantitative estimate of drug-likeness (QED) is 0.315. The summed E-state index contributed by atoms with van der Waals surface area (Å²) >= 11 is 0. The summed E-state index contributed by atoms with van der Waals surface area (Å²) < 4.78 is 0. The minimum absolute atomic E-state index is 0. The minimum Gasteiger partial charge on any atom is -0.550 e. The molecule has 0 saturated carbocycles. The number of carbonyl (C=O) groups excluding carboxylic acids is 1. The maximum absolute atomic E-state index is 10.2. The van der Waals surface area contributed by atoms with Crippen LogP contribution in [0.3, 0.4) is 0 Å². The van der Waals surface area contributed by atoms with Gasteiger partial charge in [0.1, 0.15) is 0 Å². The molecular formula is C16H27NaO2. The van der Waals surface area contributed by atoms with E-state index in [2.05, 4.69) is 12.2 Å². The van der Waals surface area contributed by atoms with E-state index in [0.717, 1.165) is 18.8 Å². The van der Waals surface area contributed by atoms with Crippen LogP contribution in [0.1, 0.15) is 77.0 Å². The number of hydrogen-bond donors (Lipinski definition) is 0. The van der Waals surface area contributed by atoms with Gasteiger partial charge in [0.2, 0.25) is 0 Å². The Bertz CT molecular complexity index is 251. The van der Waals surface area contributed by atoms with Crippen LogP contribution in [-0.4, -0.2) is 5.97 Å². The Morgan fingerprint density at radius 1 is 1.00 bits per heavy atom. The molecule has 0 heterocycles. The minimum atomic E-state index is -0.907. The Morgan fingerprint density at radius 2 is 1.58 bits per heavy atom. The maximum atomic E-state index is 10.2. The molecule has 1 aliphatic rings. The molecule has 0 fully saturated rings. The van der Waals surface area contributed by atoms with Crippen LogP contribution in [0.5, 0.6) is 0 Å². The van der Waals surface area contributed by atoms with E-state index in [1.165, 1.54) is 57.8 Å². The summed E-state index contributed by atoms with van der Waals surface area (Å²) in [6, 6.07) is 0. The molecule has 0 amide bonds. The first-order valence-corrected chi connectivity index (χ1v) is 7.65. The van der Waals surface area contributed by atoms with Gasteiger partial charge in [-0.05, 0) is 38.0 Å². The van der Waals surface area contributed by atoms with Crippen molar-refractivity contribution in [2.24, 2.45) is 5.92 Å². The summed E-state index contributed by atoms with van der Waals surface area (Å²) in [6.07, 6.45) is 18.6. The molecule has 0 saturated heterocycles. The van der Waals surface area contributed by atoms with Gasteiger partial charge in [0, 0.05) is 5.97 Å². The molecule has 0 bridgehead atoms. The number of carboxylic acid groups (broad SMARTS) is 1. The Balaban J connectivity index is 0.00000324. The van der Waals surface area contributed by atoms with E-state index in [1.807, 2.05) is 0 Å². The molecule has 1 rings (SSSR count). The Hall–Kier alpha value is 0.210. The van der Waals surface area contributed by atoms with Crippen molar-refractivity contribution >= 4 is 5.97 Å². The summed E-state index contributed by atoms with van der Waals surface area (Å²) in [4.78, 5) is 10.2. The predicted molar refractivity (Wildman–Crippen MR) is 73.0 cm³/mol. The zero-order valence-electron chi connectivity index (χ0n) is 12.5. The SMILES string of the molecule is O=C([O-])CCCCCCCCCC[C@H]1C=CCC1.[Na+]. The van der Waals surface area contributed by atoms with Gasteiger partial charge in [-0.1, -0.05) is 57.1 Å². The molecule has 3 heteroatoms. The first-order chi connectivity index (χ1) is 8.79.